The SMILES string of the molecule is O[C@@H]1CCOC[C@@H]1OCC1CC1. The lowest BCUT2D eigenvalue weighted by Crippen LogP contribution is -2.39. The zero-order valence-corrected chi connectivity index (χ0v) is 7.24. The van der Waals surface area contributed by atoms with Crippen molar-refractivity contribution in [3.05, 3.63) is 0 Å². The molecule has 0 aromatic rings. The predicted molar refractivity (Wildman–Crippen MR) is 43.9 cm³/mol. The fourth-order valence-corrected chi connectivity index (χ4v) is 1.40. The predicted octanol–water partition coefficient (Wildman–Crippen LogP) is 0.563. The van der Waals surface area contributed by atoms with E-state index in [9.17, 15) is 5.11 Å². The van der Waals surface area contributed by atoms with Crippen LogP contribution in [-0.2, 0) is 9.47 Å². The summed E-state index contributed by atoms with van der Waals surface area (Å²) in [6, 6.07) is 0. The molecule has 1 saturated carbocycles. The summed E-state index contributed by atoms with van der Waals surface area (Å²) in [5, 5.41) is 9.50. The Morgan fingerprint density at radius 2 is 2.17 bits per heavy atom. The van der Waals surface area contributed by atoms with Gasteiger partial charge in [0, 0.05) is 6.61 Å². The normalized spacial score (nSPS) is 36.8. The standard InChI is InChI=1S/C9H16O3/c10-8-3-4-11-6-9(8)12-5-7-1-2-7/h7-10H,1-6H2/t8-,9+/m1/s1. The van der Waals surface area contributed by atoms with E-state index in [4.69, 9.17) is 9.47 Å². The fraction of sp³-hybridized carbons (Fsp3) is 1.00. The van der Waals surface area contributed by atoms with E-state index in [1.807, 2.05) is 0 Å². The molecule has 0 amide bonds. The minimum absolute atomic E-state index is 0.0700. The number of aliphatic hydroxyl groups excluding tert-OH is 1. The van der Waals surface area contributed by atoms with Gasteiger partial charge in [0.1, 0.15) is 6.10 Å². The lowest BCUT2D eigenvalue weighted by atomic mass is 10.1. The Bertz CT molecular complexity index is 145. The number of hydrogen-bond acceptors (Lipinski definition) is 3. The van der Waals surface area contributed by atoms with Gasteiger partial charge in [0.05, 0.1) is 19.3 Å². The van der Waals surface area contributed by atoms with Crippen molar-refractivity contribution >= 4 is 0 Å². The highest BCUT2D eigenvalue weighted by atomic mass is 16.5. The lowest BCUT2D eigenvalue weighted by molar-refractivity contribution is -0.119. The Labute approximate surface area is 72.7 Å². The first-order valence-corrected chi connectivity index (χ1v) is 4.73. The van der Waals surface area contributed by atoms with E-state index < -0.39 is 0 Å². The van der Waals surface area contributed by atoms with E-state index in [0.29, 0.717) is 13.2 Å². The molecular formula is C9H16O3. The Balaban J connectivity index is 1.68. The second-order valence-corrected chi connectivity index (χ2v) is 3.75. The first kappa shape index (κ1) is 8.48. The van der Waals surface area contributed by atoms with Gasteiger partial charge in [-0.1, -0.05) is 0 Å². The highest BCUT2D eigenvalue weighted by Crippen LogP contribution is 2.29. The third-order valence-corrected chi connectivity index (χ3v) is 2.51. The van der Waals surface area contributed by atoms with Crippen LogP contribution in [0.5, 0.6) is 0 Å². The fourth-order valence-electron chi connectivity index (χ4n) is 1.40. The highest BCUT2D eigenvalue weighted by Gasteiger charge is 2.28. The van der Waals surface area contributed by atoms with Crippen LogP contribution in [-0.4, -0.2) is 37.1 Å². The van der Waals surface area contributed by atoms with E-state index >= 15 is 0 Å². The van der Waals surface area contributed by atoms with Crippen LogP contribution in [0.3, 0.4) is 0 Å². The topological polar surface area (TPSA) is 38.7 Å². The molecule has 1 N–H and O–H groups in total. The lowest BCUT2D eigenvalue weighted by Gasteiger charge is -2.27. The molecule has 12 heavy (non-hydrogen) atoms. The number of aliphatic hydroxyl groups is 1. The molecule has 2 atom stereocenters. The van der Waals surface area contributed by atoms with Crippen LogP contribution < -0.4 is 0 Å². The van der Waals surface area contributed by atoms with Crippen LogP contribution in [0.2, 0.25) is 0 Å². The molecule has 0 bridgehead atoms. The van der Waals surface area contributed by atoms with Crippen molar-refractivity contribution in [1.29, 1.82) is 0 Å². The third-order valence-electron chi connectivity index (χ3n) is 2.51. The van der Waals surface area contributed by atoms with E-state index in [2.05, 4.69) is 0 Å². The van der Waals surface area contributed by atoms with Crippen molar-refractivity contribution in [1.82, 2.24) is 0 Å². The summed E-state index contributed by atoms with van der Waals surface area (Å²) in [7, 11) is 0. The average Bonchev–Trinajstić information content (AvgIpc) is 2.86. The van der Waals surface area contributed by atoms with Crippen molar-refractivity contribution in [2.24, 2.45) is 5.92 Å². The van der Waals surface area contributed by atoms with Gasteiger partial charge in [-0.25, -0.2) is 0 Å². The summed E-state index contributed by atoms with van der Waals surface area (Å²) in [5.41, 5.74) is 0. The van der Waals surface area contributed by atoms with Crippen LogP contribution in [0.15, 0.2) is 0 Å². The summed E-state index contributed by atoms with van der Waals surface area (Å²) in [6.45, 7) is 2.05. The van der Waals surface area contributed by atoms with Crippen molar-refractivity contribution < 1.29 is 14.6 Å². The Morgan fingerprint density at radius 3 is 2.83 bits per heavy atom. The van der Waals surface area contributed by atoms with Gasteiger partial charge >= 0.3 is 0 Å². The molecule has 1 heterocycles. The molecule has 2 fully saturated rings. The van der Waals surface area contributed by atoms with Crippen molar-refractivity contribution in [2.75, 3.05) is 19.8 Å². The maximum absolute atomic E-state index is 9.50. The number of ether oxygens (including phenoxy) is 2. The van der Waals surface area contributed by atoms with Crippen molar-refractivity contribution in [3.8, 4) is 0 Å². The van der Waals surface area contributed by atoms with Crippen LogP contribution in [0.25, 0.3) is 0 Å². The summed E-state index contributed by atoms with van der Waals surface area (Å²) >= 11 is 0. The van der Waals surface area contributed by atoms with E-state index in [1.54, 1.807) is 0 Å². The molecule has 70 valence electrons. The summed E-state index contributed by atoms with van der Waals surface area (Å²) in [5.74, 6) is 0.763. The number of hydrogen-bond donors (Lipinski definition) is 1. The third kappa shape index (κ3) is 2.19. The Hall–Kier alpha value is -0.120. The first-order chi connectivity index (χ1) is 5.86. The van der Waals surface area contributed by atoms with Gasteiger partial charge in [-0.3, -0.25) is 0 Å². The molecule has 2 rings (SSSR count). The Kier molecular flexibility index (Phi) is 2.63. The van der Waals surface area contributed by atoms with Crippen molar-refractivity contribution in [3.63, 3.8) is 0 Å². The summed E-state index contributed by atoms with van der Waals surface area (Å²) < 4.78 is 10.8. The Morgan fingerprint density at radius 1 is 1.33 bits per heavy atom. The maximum Gasteiger partial charge on any atom is 0.107 e. The molecule has 2 aliphatic rings. The minimum Gasteiger partial charge on any atom is -0.390 e. The van der Waals surface area contributed by atoms with Gasteiger partial charge in [-0.2, -0.15) is 0 Å². The van der Waals surface area contributed by atoms with E-state index in [-0.39, 0.29) is 12.2 Å². The first-order valence-electron chi connectivity index (χ1n) is 4.73. The summed E-state index contributed by atoms with van der Waals surface area (Å²) in [6.07, 6.45) is 2.93. The number of rotatable bonds is 3. The van der Waals surface area contributed by atoms with Gasteiger partial charge in [-0.15, -0.1) is 0 Å². The molecule has 1 aliphatic heterocycles. The highest BCUT2D eigenvalue weighted by molar-refractivity contribution is 4.76. The zero-order chi connectivity index (χ0) is 8.39. The van der Waals surface area contributed by atoms with Crippen LogP contribution >= 0.6 is 0 Å². The molecule has 0 radical (unpaired) electrons. The molecule has 0 unspecified atom stereocenters. The smallest absolute Gasteiger partial charge is 0.107 e. The molecule has 0 aromatic heterocycles. The van der Waals surface area contributed by atoms with E-state index in [1.165, 1.54) is 12.8 Å². The maximum atomic E-state index is 9.50. The minimum atomic E-state index is -0.308. The molecular weight excluding hydrogens is 156 g/mol. The molecule has 1 aliphatic carbocycles. The largest absolute Gasteiger partial charge is 0.390 e. The molecule has 0 aromatic carbocycles. The van der Waals surface area contributed by atoms with Gasteiger partial charge in [0.25, 0.3) is 0 Å². The second kappa shape index (κ2) is 3.73. The molecule has 1 saturated heterocycles. The van der Waals surface area contributed by atoms with E-state index in [0.717, 1.165) is 18.9 Å². The van der Waals surface area contributed by atoms with Gasteiger partial charge in [-0.05, 0) is 25.2 Å². The average molecular weight is 172 g/mol. The monoisotopic (exact) mass is 172 g/mol. The van der Waals surface area contributed by atoms with Gasteiger partial charge in [0.15, 0.2) is 0 Å². The molecule has 3 heteroatoms. The van der Waals surface area contributed by atoms with Crippen LogP contribution in [0, 0.1) is 5.92 Å². The summed E-state index contributed by atoms with van der Waals surface area (Å²) in [4.78, 5) is 0. The molecule has 0 spiro atoms. The molecule has 3 nitrogen and oxygen atoms in total. The quantitative estimate of drug-likeness (QED) is 0.676. The van der Waals surface area contributed by atoms with Gasteiger partial charge in [0.2, 0.25) is 0 Å². The van der Waals surface area contributed by atoms with Crippen LogP contribution in [0.1, 0.15) is 19.3 Å². The zero-order valence-electron chi connectivity index (χ0n) is 7.24. The van der Waals surface area contributed by atoms with Crippen molar-refractivity contribution in [2.45, 2.75) is 31.5 Å². The van der Waals surface area contributed by atoms with Gasteiger partial charge < -0.3 is 14.6 Å². The van der Waals surface area contributed by atoms with Crippen LogP contribution in [0.4, 0.5) is 0 Å². The second-order valence-electron chi connectivity index (χ2n) is 3.75.